The zero-order valence-electron chi connectivity index (χ0n) is 6.99. The van der Waals surface area contributed by atoms with Gasteiger partial charge < -0.3 is 9.94 Å². The molecule has 0 amide bonds. The summed E-state index contributed by atoms with van der Waals surface area (Å²) in [5.41, 5.74) is -0.102. The number of esters is 1. The summed E-state index contributed by atoms with van der Waals surface area (Å²) in [4.78, 5) is 11.1. The van der Waals surface area contributed by atoms with Gasteiger partial charge in [0.25, 0.3) is 0 Å². The van der Waals surface area contributed by atoms with Gasteiger partial charge in [-0.05, 0) is 6.92 Å². The molecule has 0 fully saturated rings. The number of halogens is 1. The predicted molar refractivity (Wildman–Crippen MR) is 46.4 cm³/mol. The fourth-order valence-corrected chi connectivity index (χ4v) is 0.975. The highest BCUT2D eigenvalue weighted by molar-refractivity contribution is 6.30. The SMILES string of the molecule is CCOC(=O)c1cc(Cl)cc[n+]1[O-]. The van der Waals surface area contributed by atoms with Crippen molar-refractivity contribution in [2.24, 2.45) is 0 Å². The van der Waals surface area contributed by atoms with Gasteiger partial charge in [-0.25, -0.2) is 4.79 Å². The van der Waals surface area contributed by atoms with E-state index in [1.165, 1.54) is 12.1 Å². The first kappa shape index (κ1) is 9.80. The Morgan fingerprint density at radius 2 is 2.46 bits per heavy atom. The number of rotatable bonds is 2. The highest BCUT2D eigenvalue weighted by atomic mass is 35.5. The van der Waals surface area contributed by atoms with Gasteiger partial charge in [-0.3, -0.25) is 0 Å². The highest BCUT2D eigenvalue weighted by Gasteiger charge is 2.17. The van der Waals surface area contributed by atoms with Crippen LogP contribution in [-0.2, 0) is 4.74 Å². The Kier molecular flexibility index (Phi) is 3.08. The van der Waals surface area contributed by atoms with Crippen molar-refractivity contribution in [3.8, 4) is 0 Å². The van der Waals surface area contributed by atoms with Crippen LogP contribution in [0.25, 0.3) is 0 Å². The van der Waals surface area contributed by atoms with Crippen LogP contribution in [0.1, 0.15) is 17.4 Å². The summed E-state index contributed by atoms with van der Waals surface area (Å²) in [6.07, 6.45) is 1.16. The second-order valence-corrected chi connectivity index (χ2v) is 2.71. The average molecular weight is 202 g/mol. The summed E-state index contributed by atoms with van der Waals surface area (Å²) in [5.74, 6) is -0.667. The zero-order valence-corrected chi connectivity index (χ0v) is 7.75. The van der Waals surface area contributed by atoms with Crippen LogP contribution in [-0.4, -0.2) is 12.6 Å². The topological polar surface area (TPSA) is 53.2 Å². The van der Waals surface area contributed by atoms with Crippen molar-refractivity contribution < 1.29 is 14.3 Å². The third-order valence-corrected chi connectivity index (χ3v) is 1.60. The van der Waals surface area contributed by atoms with Gasteiger partial charge in [0, 0.05) is 12.1 Å². The molecule has 70 valence electrons. The van der Waals surface area contributed by atoms with Gasteiger partial charge in [-0.15, -0.1) is 0 Å². The van der Waals surface area contributed by atoms with Crippen LogP contribution in [0.5, 0.6) is 0 Å². The number of ether oxygens (including phenoxy) is 1. The maximum absolute atomic E-state index is 11.1. The molecule has 1 aromatic rings. The normalized spacial score (nSPS) is 9.69. The van der Waals surface area contributed by atoms with E-state index in [9.17, 15) is 10.0 Å². The number of carbonyl (C=O) groups is 1. The first-order valence-corrected chi connectivity index (χ1v) is 4.08. The maximum Gasteiger partial charge on any atom is 0.405 e. The van der Waals surface area contributed by atoms with E-state index in [4.69, 9.17) is 11.6 Å². The minimum absolute atomic E-state index is 0.102. The number of hydrogen-bond acceptors (Lipinski definition) is 3. The van der Waals surface area contributed by atoms with Crippen LogP contribution in [0, 0.1) is 5.21 Å². The Labute approximate surface area is 80.3 Å². The molecule has 1 rings (SSSR count). The Morgan fingerprint density at radius 1 is 1.77 bits per heavy atom. The third-order valence-electron chi connectivity index (χ3n) is 1.37. The van der Waals surface area contributed by atoms with Crippen LogP contribution in [0.4, 0.5) is 0 Å². The number of carbonyl (C=O) groups excluding carboxylic acids is 1. The molecular weight excluding hydrogens is 194 g/mol. The molecule has 0 spiro atoms. The number of pyridine rings is 1. The predicted octanol–water partition coefficient (Wildman–Crippen LogP) is 1.15. The Hall–Kier alpha value is -1.29. The molecule has 0 bridgehead atoms. The molecule has 0 saturated carbocycles. The van der Waals surface area contributed by atoms with Gasteiger partial charge in [-0.1, -0.05) is 11.6 Å². The van der Waals surface area contributed by atoms with Crippen molar-refractivity contribution in [1.82, 2.24) is 0 Å². The van der Waals surface area contributed by atoms with Crippen LogP contribution < -0.4 is 4.73 Å². The Morgan fingerprint density at radius 3 is 3.08 bits per heavy atom. The van der Waals surface area contributed by atoms with Crippen molar-refractivity contribution >= 4 is 17.6 Å². The molecule has 1 heterocycles. The summed E-state index contributed by atoms with van der Waals surface area (Å²) >= 11 is 5.60. The number of nitrogens with zero attached hydrogens (tertiary/aromatic N) is 1. The van der Waals surface area contributed by atoms with Crippen LogP contribution >= 0.6 is 11.6 Å². The lowest BCUT2D eigenvalue weighted by Crippen LogP contribution is -2.34. The number of aromatic nitrogens is 1. The second kappa shape index (κ2) is 4.09. The molecule has 5 heteroatoms. The maximum atomic E-state index is 11.1. The molecule has 0 aliphatic carbocycles. The van der Waals surface area contributed by atoms with Gasteiger partial charge >= 0.3 is 11.7 Å². The molecule has 0 N–H and O–H groups in total. The molecule has 4 nitrogen and oxygen atoms in total. The van der Waals surface area contributed by atoms with Gasteiger partial charge in [0.05, 0.1) is 11.6 Å². The standard InChI is InChI=1S/C8H8ClNO3/c1-2-13-8(11)7-5-6(9)3-4-10(7)12/h3-5H,2H2,1H3. The summed E-state index contributed by atoms with van der Waals surface area (Å²) in [5, 5.41) is 11.4. The van der Waals surface area contributed by atoms with E-state index in [1.54, 1.807) is 6.92 Å². The van der Waals surface area contributed by atoms with E-state index < -0.39 is 5.97 Å². The molecule has 0 unspecified atom stereocenters. The molecule has 0 saturated heterocycles. The molecule has 0 radical (unpaired) electrons. The van der Waals surface area contributed by atoms with Gasteiger partial charge in [0.1, 0.15) is 0 Å². The van der Waals surface area contributed by atoms with Crippen molar-refractivity contribution in [2.45, 2.75) is 6.92 Å². The smallest absolute Gasteiger partial charge is 0.405 e. The monoisotopic (exact) mass is 201 g/mol. The van der Waals surface area contributed by atoms with Gasteiger partial charge in [0.2, 0.25) is 0 Å². The lowest BCUT2D eigenvalue weighted by atomic mass is 10.3. The van der Waals surface area contributed by atoms with Crippen LogP contribution in [0.3, 0.4) is 0 Å². The van der Waals surface area contributed by atoms with E-state index in [1.807, 2.05) is 0 Å². The Balaban J connectivity index is 2.99. The zero-order chi connectivity index (χ0) is 9.84. The van der Waals surface area contributed by atoms with Gasteiger partial charge in [0.15, 0.2) is 6.20 Å². The lowest BCUT2D eigenvalue weighted by Gasteiger charge is -2.03. The van der Waals surface area contributed by atoms with Gasteiger partial charge in [-0.2, -0.15) is 4.73 Å². The molecule has 1 aromatic heterocycles. The van der Waals surface area contributed by atoms with Crippen LogP contribution in [0.15, 0.2) is 18.3 Å². The quantitative estimate of drug-likeness (QED) is 0.410. The molecule has 0 aromatic carbocycles. The minimum atomic E-state index is -0.667. The minimum Gasteiger partial charge on any atom is -0.618 e. The molecule has 0 atom stereocenters. The average Bonchev–Trinajstić information content (AvgIpc) is 2.09. The third kappa shape index (κ3) is 2.32. The lowest BCUT2D eigenvalue weighted by molar-refractivity contribution is -0.608. The van der Waals surface area contributed by atoms with Crippen molar-refractivity contribution in [2.75, 3.05) is 6.61 Å². The van der Waals surface area contributed by atoms with E-state index >= 15 is 0 Å². The highest BCUT2D eigenvalue weighted by Crippen LogP contribution is 2.07. The van der Waals surface area contributed by atoms with Crippen molar-refractivity contribution in [3.05, 3.63) is 34.3 Å². The van der Waals surface area contributed by atoms with Crippen molar-refractivity contribution in [3.63, 3.8) is 0 Å². The fourth-order valence-electron chi connectivity index (χ4n) is 0.815. The number of hydrogen-bond donors (Lipinski definition) is 0. The molecule has 0 aliphatic heterocycles. The molecular formula is C8H8ClNO3. The molecule has 0 aliphatic rings. The van der Waals surface area contributed by atoms with Crippen molar-refractivity contribution in [1.29, 1.82) is 0 Å². The molecule has 13 heavy (non-hydrogen) atoms. The van der Waals surface area contributed by atoms with E-state index in [-0.39, 0.29) is 12.3 Å². The van der Waals surface area contributed by atoms with E-state index in [2.05, 4.69) is 4.74 Å². The Bertz CT molecular complexity index is 327. The summed E-state index contributed by atoms with van der Waals surface area (Å²) in [6, 6.07) is 2.67. The van der Waals surface area contributed by atoms with E-state index in [0.717, 1.165) is 6.20 Å². The van der Waals surface area contributed by atoms with Crippen LogP contribution in [0.2, 0.25) is 5.02 Å². The fraction of sp³-hybridized carbons (Fsp3) is 0.250. The second-order valence-electron chi connectivity index (χ2n) is 2.28. The summed E-state index contributed by atoms with van der Waals surface area (Å²) < 4.78 is 5.07. The first-order valence-electron chi connectivity index (χ1n) is 3.71. The largest absolute Gasteiger partial charge is 0.618 e. The first-order chi connectivity index (χ1) is 6.15. The summed E-state index contributed by atoms with van der Waals surface area (Å²) in [7, 11) is 0. The van der Waals surface area contributed by atoms with E-state index in [0.29, 0.717) is 9.75 Å². The summed E-state index contributed by atoms with van der Waals surface area (Å²) in [6.45, 7) is 1.89.